The van der Waals surface area contributed by atoms with Crippen molar-refractivity contribution in [3.05, 3.63) is 102 Å². The van der Waals surface area contributed by atoms with Gasteiger partial charge in [0.05, 0.1) is 19.1 Å². The van der Waals surface area contributed by atoms with E-state index >= 15 is 0 Å². The molecule has 4 rings (SSSR count). The lowest BCUT2D eigenvalue weighted by Gasteiger charge is -2.30. The molecule has 160 valence electrons. The predicted octanol–water partition coefficient (Wildman–Crippen LogP) is 4.78. The summed E-state index contributed by atoms with van der Waals surface area (Å²) in [6.45, 7) is 2.63. The summed E-state index contributed by atoms with van der Waals surface area (Å²) in [4.78, 5) is 15.9. The molecular formula is C27H30N2O2. The lowest BCUT2D eigenvalue weighted by atomic mass is 9.90. The third-order valence-electron chi connectivity index (χ3n) is 6.08. The van der Waals surface area contributed by atoms with Crippen LogP contribution in [0.3, 0.4) is 0 Å². The van der Waals surface area contributed by atoms with E-state index < -0.39 is 0 Å². The molecule has 1 amide bonds. The van der Waals surface area contributed by atoms with Gasteiger partial charge in [-0.2, -0.15) is 0 Å². The molecule has 4 nitrogen and oxygen atoms in total. The Morgan fingerprint density at radius 3 is 2.00 bits per heavy atom. The van der Waals surface area contributed by atoms with E-state index in [1.54, 1.807) is 7.11 Å². The first kappa shape index (κ1) is 21.1. The number of carbonyl (C=O) groups is 1. The number of hydrogen-bond acceptors (Lipinski definition) is 3. The van der Waals surface area contributed by atoms with Crippen LogP contribution < -0.4 is 10.1 Å². The van der Waals surface area contributed by atoms with Crippen LogP contribution in [0.25, 0.3) is 0 Å². The van der Waals surface area contributed by atoms with Crippen molar-refractivity contribution < 1.29 is 9.53 Å². The summed E-state index contributed by atoms with van der Waals surface area (Å²) in [5.41, 5.74) is 3.13. The number of methoxy groups -OCH3 is 1. The Hall–Kier alpha value is -3.11. The largest absolute Gasteiger partial charge is 0.496 e. The minimum Gasteiger partial charge on any atom is -0.496 e. The average molecular weight is 415 g/mol. The second-order valence-electron chi connectivity index (χ2n) is 8.00. The van der Waals surface area contributed by atoms with Gasteiger partial charge in [0, 0.05) is 12.1 Å². The van der Waals surface area contributed by atoms with Crippen molar-refractivity contribution >= 4 is 5.91 Å². The smallest absolute Gasteiger partial charge is 0.232 e. The molecule has 0 bridgehead atoms. The molecular weight excluding hydrogens is 384 g/mol. The molecule has 31 heavy (non-hydrogen) atoms. The standard InChI is InChI=1S/C27H30N2O2/c1-31-25-17-9-8-16-23(25)24(29-18-10-11-19-29)20-28-27(30)26(21-12-4-2-5-13-21)22-14-6-3-7-15-22/h2-9,12-17,24,26H,10-11,18-20H2,1H3,(H,28,30). The lowest BCUT2D eigenvalue weighted by Crippen LogP contribution is -2.39. The Morgan fingerprint density at radius 1 is 0.871 bits per heavy atom. The monoisotopic (exact) mass is 414 g/mol. The predicted molar refractivity (Wildman–Crippen MR) is 124 cm³/mol. The summed E-state index contributed by atoms with van der Waals surface area (Å²) in [5, 5.41) is 3.27. The van der Waals surface area contributed by atoms with Crippen LogP contribution in [0.1, 0.15) is 41.5 Å². The second-order valence-corrected chi connectivity index (χ2v) is 8.00. The van der Waals surface area contributed by atoms with E-state index in [2.05, 4.69) is 16.3 Å². The van der Waals surface area contributed by atoms with Crippen molar-refractivity contribution in [2.45, 2.75) is 24.8 Å². The number of nitrogens with one attached hydrogen (secondary N) is 1. The van der Waals surface area contributed by atoms with E-state index in [1.165, 1.54) is 12.8 Å². The maximum atomic E-state index is 13.5. The highest BCUT2D eigenvalue weighted by atomic mass is 16.5. The summed E-state index contributed by atoms with van der Waals surface area (Å²) >= 11 is 0. The summed E-state index contributed by atoms with van der Waals surface area (Å²) in [6, 6.07) is 28.2. The minimum absolute atomic E-state index is 0.0245. The lowest BCUT2D eigenvalue weighted by molar-refractivity contribution is -0.121. The number of benzene rings is 3. The van der Waals surface area contributed by atoms with Gasteiger partial charge >= 0.3 is 0 Å². The molecule has 1 fully saturated rings. The number of amides is 1. The number of para-hydroxylation sites is 1. The molecule has 1 N–H and O–H groups in total. The van der Waals surface area contributed by atoms with Gasteiger partial charge in [-0.25, -0.2) is 0 Å². The number of likely N-dealkylation sites (tertiary alicyclic amines) is 1. The van der Waals surface area contributed by atoms with Crippen LogP contribution in [-0.2, 0) is 4.79 Å². The highest BCUT2D eigenvalue weighted by Crippen LogP contribution is 2.32. The third-order valence-corrected chi connectivity index (χ3v) is 6.08. The Morgan fingerprint density at radius 2 is 1.42 bits per heavy atom. The van der Waals surface area contributed by atoms with Gasteiger partial charge in [-0.05, 0) is 43.1 Å². The Bertz CT molecular complexity index is 929. The molecule has 3 aromatic rings. The van der Waals surface area contributed by atoms with Crippen LogP contribution >= 0.6 is 0 Å². The zero-order chi connectivity index (χ0) is 21.5. The average Bonchev–Trinajstić information content (AvgIpc) is 3.36. The number of ether oxygens (including phenoxy) is 1. The van der Waals surface area contributed by atoms with E-state index in [9.17, 15) is 4.79 Å². The van der Waals surface area contributed by atoms with Gasteiger partial charge in [-0.1, -0.05) is 78.9 Å². The van der Waals surface area contributed by atoms with E-state index in [4.69, 9.17) is 4.74 Å². The van der Waals surface area contributed by atoms with Crippen LogP contribution in [0, 0.1) is 0 Å². The van der Waals surface area contributed by atoms with Crippen molar-refractivity contribution in [1.29, 1.82) is 0 Å². The molecule has 1 aliphatic rings. The Kier molecular flexibility index (Phi) is 7.00. The summed E-state index contributed by atoms with van der Waals surface area (Å²) in [7, 11) is 1.71. The number of nitrogens with zero attached hydrogens (tertiary/aromatic N) is 1. The molecule has 0 spiro atoms. The summed E-state index contributed by atoms with van der Waals surface area (Å²) in [5.74, 6) is 0.562. The first-order valence-corrected chi connectivity index (χ1v) is 11.0. The van der Waals surface area contributed by atoms with Gasteiger partial charge in [0.2, 0.25) is 5.91 Å². The zero-order valence-corrected chi connectivity index (χ0v) is 18.0. The fraction of sp³-hybridized carbons (Fsp3) is 0.296. The molecule has 1 unspecified atom stereocenters. The normalized spacial score (nSPS) is 15.0. The van der Waals surface area contributed by atoms with Crippen LogP contribution in [0.15, 0.2) is 84.9 Å². The molecule has 0 aliphatic carbocycles. The number of carbonyl (C=O) groups excluding carboxylic acids is 1. The molecule has 4 heteroatoms. The number of rotatable bonds is 8. The van der Waals surface area contributed by atoms with E-state index in [1.807, 2.05) is 78.9 Å². The van der Waals surface area contributed by atoms with E-state index in [0.717, 1.165) is 35.5 Å². The van der Waals surface area contributed by atoms with Crippen molar-refractivity contribution in [3.63, 3.8) is 0 Å². The van der Waals surface area contributed by atoms with Gasteiger partial charge < -0.3 is 10.1 Å². The van der Waals surface area contributed by atoms with E-state index in [-0.39, 0.29) is 17.9 Å². The molecule has 1 saturated heterocycles. The Labute approximate surface area is 184 Å². The molecule has 1 heterocycles. The van der Waals surface area contributed by atoms with Crippen molar-refractivity contribution in [2.24, 2.45) is 0 Å². The molecule has 1 atom stereocenters. The maximum Gasteiger partial charge on any atom is 0.232 e. The minimum atomic E-state index is -0.334. The topological polar surface area (TPSA) is 41.6 Å². The summed E-state index contributed by atoms with van der Waals surface area (Å²) < 4.78 is 5.64. The van der Waals surface area contributed by atoms with Crippen molar-refractivity contribution in [3.8, 4) is 5.75 Å². The third kappa shape index (κ3) is 4.97. The quantitative estimate of drug-likeness (QED) is 0.577. The van der Waals surface area contributed by atoms with Gasteiger partial charge in [0.15, 0.2) is 0 Å². The van der Waals surface area contributed by atoms with Gasteiger partial charge in [0.25, 0.3) is 0 Å². The first-order chi connectivity index (χ1) is 15.3. The van der Waals surface area contributed by atoms with Crippen molar-refractivity contribution in [2.75, 3.05) is 26.7 Å². The number of hydrogen-bond donors (Lipinski definition) is 1. The zero-order valence-electron chi connectivity index (χ0n) is 18.0. The molecule has 0 saturated carbocycles. The molecule has 0 aromatic heterocycles. The summed E-state index contributed by atoms with van der Waals surface area (Å²) in [6.07, 6.45) is 2.38. The maximum absolute atomic E-state index is 13.5. The highest BCUT2D eigenvalue weighted by molar-refractivity contribution is 5.87. The highest BCUT2D eigenvalue weighted by Gasteiger charge is 2.28. The van der Waals surface area contributed by atoms with Crippen LogP contribution in [0.5, 0.6) is 5.75 Å². The van der Waals surface area contributed by atoms with E-state index in [0.29, 0.717) is 6.54 Å². The molecule has 1 aliphatic heterocycles. The second kappa shape index (κ2) is 10.3. The van der Waals surface area contributed by atoms with Crippen LogP contribution in [-0.4, -0.2) is 37.6 Å². The molecule has 3 aromatic carbocycles. The first-order valence-electron chi connectivity index (χ1n) is 11.0. The van der Waals surface area contributed by atoms with Crippen molar-refractivity contribution in [1.82, 2.24) is 10.2 Å². The van der Waals surface area contributed by atoms with Gasteiger partial charge in [-0.3, -0.25) is 9.69 Å². The fourth-order valence-electron chi connectivity index (χ4n) is 4.52. The Balaban J connectivity index is 1.58. The SMILES string of the molecule is COc1ccccc1C(CNC(=O)C(c1ccccc1)c1ccccc1)N1CCCC1. The van der Waals surface area contributed by atoms with Gasteiger partial charge in [-0.15, -0.1) is 0 Å². The molecule has 0 radical (unpaired) electrons. The van der Waals surface area contributed by atoms with Crippen LogP contribution in [0.2, 0.25) is 0 Å². The fourth-order valence-corrected chi connectivity index (χ4v) is 4.52. The van der Waals surface area contributed by atoms with Crippen LogP contribution in [0.4, 0.5) is 0 Å². The van der Waals surface area contributed by atoms with Gasteiger partial charge in [0.1, 0.15) is 5.75 Å².